The minimum absolute atomic E-state index is 0.0641. The fraction of sp³-hybridized carbons (Fsp3) is 0.0588. The second-order valence-corrected chi connectivity index (χ2v) is 7.71. The molecule has 0 spiro atoms. The highest BCUT2D eigenvalue weighted by atomic mass is 32.2. The van der Waals surface area contributed by atoms with Crippen LogP contribution in [0, 0.1) is 5.82 Å². The van der Waals surface area contributed by atoms with E-state index in [0.717, 1.165) is 35.9 Å². The molecular weight excluding hydrogens is 379 g/mol. The van der Waals surface area contributed by atoms with E-state index in [-0.39, 0.29) is 11.3 Å². The molecule has 3 rings (SSSR count). The molecule has 134 valence electrons. The van der Waals surface area contributed by atoms with Gasteiger partial charge in [-0.3, -0.25) is 4.72 Å². The summed E-state index contributed by atoms with van der Waals surface area (Å²) in [4.78, 5) is 15.1. The first-order valence-corrected chi connectivity index (χ1v) is 9.67. The van der Waals surface area contributed by atoms with Crippen LogP contribution in [-0.4, -0.2) is 26.5 Å². The van der Waals surface area contributed by atoms with Gasteiger partial charge in [-0.05, 0) is 30.3 Å². The molecule has 6 nitrogen and oxygen atoms in total. The van der Waals surface area contributed by atoms with Crippen LogP contribution in [0.2, 0.25) is 0 Å². The molecule has 0 aliphatic carbocycles. The number of thiazole rings is 1. The van der Waals surface area contributed by atoms with Crippen molar-refractivity contribution in [3.05, 3.63) is 65.4 Å². The Labute approximate surface area is 153 Å². The number of esters is 1. The maximum absolute atomic E-state index is 14.1. The smallest absolute Gasteiger partial charge is 0.337 e. The highest BCUT2D eigenvalue weighted by Gasteiger charge is 2.22. The van der Waals surface area contributed by atoms with Crippen molar-refractivity contribution in [2.45, 2.75) is 4.90 Å². The van der Waals surface area contributed by atoms with E-state index < -0.39 is 26.7 Å². The second kappa shape index (κ2) is 7.22. The number of nitrogens with one attached hydrogen (secondary N) is 1. The maximum Gasteiger partial charge on any atom is 0.337 e. The lowest BCUT2D eigenvalue weighted by Gasteiger charge is -2.11. The molecule has 1 N–H and O–H groups in total. The third-order valence-corrected chi connectivity index (χ3v) is 5.65. The summed E-state index contributed by atoms with van der Waals surface area (Å²) >= 11 is 1.41. The molecule has 0 aliphatic rings. The van der Waals surface area contributed by atoms with Crippen molar-refractivity contribution in [3.8, 4) is 10.6 Å². The molecular formula is C17H13FN2O4S2. The predicted molar refractivity (Wildman–Crippen MR) is 96.1 cm³/mol. The van der Waals surface area contributed by atoms with Crippen LogP contribution in [0.1, 0.15) is 10.4 Å². The molecule has 1 heterocycles. The molecule has 0 aliphatic heterocycles. The van der Waals surface area contributed by atoms with Gasteiger partial charge in [0.1, 0.15) is 15.7 Å². The van der Waals surface area contributed by atoms with Crippen molar-refractivity contribution in [1.29, 1.82) is 0 Å². The predicted octanol–water partition coefficient (Wildman–Crippen LogP) is 3.54. The van der Waals surface area contributed by atoms with Crippen LogP contribution < -0.4 is 4.72 Å². The Bertz CT molecular complexity index is 1050. The fourth-order valence-corrected chi connectivity index (χ4v) is 4.04. The van der Waals surface area contributed by atoms with Crippen LogP contribution in [0.5, 0.6) is 0 Å². The number of carbonyl (C=O) groups is 1. The second-order valence-electron chi connectivity index (χ2n) is 5.16. The number of carbonyl (C=O) groups excluding carboxylic acids is 1. The number of nitrogens with zero attached hydrogens (tertiary/aromatic N) is 1. The van der Waals surface area contributed by atoms with E-state index in [1.54, 1.807) is 29.8 Å². The highest BCUT2D eigenvalue weighted by Crippen LogP contribution is 2.26. The molecule has 2 aromatic carbocycles. The average Bonchev–Trinajstić information content (AvgIpc) is 3.16. The van der Waals surface area contributed by atoms with Crippen molar-refractivity contribution in [2.24, 2.45) is 0 Å². The average molecular weight is 392 g/mol. The summed E-state index contributed by atoms with van der Waals surface area (Å²) in [6.45, 7) is 0. The largest absolute Gasteiger partial charge is 0.465 e. The lowest BCUT2D eigenvalue weighted by atomic mass is 10.2. The molecule has 0 saturated heterocycles. The summed E-state index contributed by atoms with van der Waals surface area (Å²) in [7, 11) is -3.09. The Balaban J connectivity index is 1.95. The number of rotatable bonds is 5. The van der Waals surface area contributed by atoms with Crippen LogP contribution in [0.25, 0.3) is 10.6 Å². The van der Waals surface area contributed by atoms with Gasteiger partial charge in [0.2, 0.25) is 0 Å². The summed E-state index contributed by atoms with van der Waals surface area (Å²) in [6.07, 6.45) is 1.64. The Morgan fingerprint density at radius 2 is 2.04 bits per heavy atom. The van der Waals surface area contributed by atoms with E-state index >= 15 is 0 Å². The number of aromatic nitrogens is 1. The number of ether oxygens (including phenoxy) is 1. The van der Waals surface area contributed by atoms with Gasteiger partial charge >= 0.3 is 5.97 Å². The third-order valence-electron chi connectivity index (χ3n) is 3.44. The van der Waals surface area contributed by atoms with Gasteiger partial charge in [-0.25, -0.2) is 22.6 Å². The van der Waals surface area contributed by atoms with Gasteiger partial charge in [-0.2, -0.15) is 0 Å². The van der Waals surface area contributed by atoms with Gasteiger partial charge < -0.3 is 4.74 Å². The van der Waals surface area contributed by atoms with Crippen molar-refractivity contribution < 1.29 is 22.3 Å². The van der Waals surface area contributed by atoms with Gasteiger partial charge in [-0.15, -0.1) is 11.3 Å². The lowest BCUT2D eigenvalue weighted by Crippen LogP contribution is -2.16. The van der Waals surface area contributed by atoms with E-state index in [1.165, 1.54) is 17.4 Å². The highest BCUT2D eigenvalue weighted by molar-refractivity contribution is 7.92. The molecule has 0 atom stereocenters. The van der Waals surface area contributed by atoms with Crippen molar-refractivity contribution in [3.63, 3.8) is 0 Å². The normalized spacial score (nSPS) is 11.2. The maximum atomic E-state index is 14.1. The summed E-state index contributed by atoms with van der Waals surface area (Å²) in [6, 6.07) is 9.59. The van der Waals surface area contributed by atoms with Gasteiger partial charge in [0.05, 0.1) is 12.7 Å². The molecule has 0 bridgehead atoms. The molecule has 3 aromatic rings. The van der Waals surface area contributed by atoms with Crippen molar-refractivity contribution >= 4 is 33.0 Å². The zero-order chi connectivity index (χ0) is 18.7. The summed E-state index contributed by atoms with van der Waals surface area (Å²) in [5, 5.41) is 2.53. The Morgan fingerprint density at radius 1 is 1.23 bits per heavy atom. The molecule has 0 radical (unpaired) electrons. The molecule has 1 aromatic heterocycles. The molecule has 9 heteroatoms. The SMILES string of the molecule is COC(=O)c1ccc(F)c(S(=O)(=O)Nc2cccc(-c3nccs3)c2)c1. The van der Waals surface area contributed by atoms with Crippen LogP contribution >= 0.6 is 11.3 Å². The molecule has 0 fully saturated rings. The number of benzene rings is 2. The number of methoxy groups -OCH3 is 1. The Kier molecular flexibility index (Phi) is 5.01. The minimum Gasteiger partial charge on any atom is -0.465 e. The molecule has 26 heavy (non-hydrogen) atoms. The monoisotopic (exact) mass is 392 g/mol. The van der Waals surface area contributed by atoms with Crippen LogP contribution in [-0.2, 0) is 14.8 Å². The molecule has 0 saturated carbocycles. The summed E-state index contributed by atoms with van der Waals surface area (Å²) in [5.74, 6) is -1.73. The number of hydrogen-bond acceptors (Lipinski definition) is 6. The quantitative estimate of drug-likeness (QED) is 0.672. The third kappa shape index (κ3) is 3.73. The van der Waals surface area contributed by atoms with Crippen LogP contribution in [0.4, 0.5) is 10.1 Å². The number of halogens is 1. The van der Waals surface area contributed by atoms with Crippen LogP contribution in [0.15, 0.2) is 58.9 Å². The first kappa shape index (κ1) is 18.0. The molecule has 0 unspecified atom stereocenters. The Morgan fingerprint density at radius 3 is 2.73 bits per heavy atom. The van der Waals surface area contributed by atoms with E-state index in [1.807, 2.05) is 0 Å². The fourth-order valence-electron chi connectivity index (χ4n) is 2.25. The number of sulfonamides is 1. The standard InChI is InChI=1S/C17H13FN2O4S2/c1-24-17(21)12-5-6-14(18)15(10-12)26(22,23)20-13-4-2-3-11(9-13)16-19-7-8-25-16/h2-10,20H,1H3. The first-order chi connectivity index (χ1) is 12.4. The van der Waals surface area contributed by atoms with Crippen molar-refractivity contribution in [1.82, 2.24) is 4.98 Å². The van der Waals surface area contributed by atoms with Crippen LogP contribution in [0.3, 0.4) is 0 Å². The van der Waals surface area contributed by atoms with E-state index in [9.17, 15) is 17.6 Å². The minimum atomic E-state index is -4.24. The van der Waals surface area contributed by atoms with Crippen molar-refractivity contribution in [2.75, 3.05) is 11.8 Å². The molecule has 0 amide bonds. The van der Waals surface area contributed by atoms with E-state index in [2.05, 4.69) is 14.4 Å². The van der Waals surface area contributed by atoms with E-state index in [4.69, 9.17) is 0 Å². The lowest BCUT2D eigenvalue weighted by molar-refractivity contribution is 0.0600. The van der Waals surface area contributed by atoms with Gasteiger partial charge in [0, 0.05) is 22.8 Å². The zero-order valence-corrected chi connectivity index (χ0v) is 15.1. The Hall–Kier alpha value is -2.78. The first-order valence-electron chi connectivity index (χ1n) is 7.31. The van der Waals surface area contributed by atoms with Gasteiger partial charge in [-0.1, -0.05) is 12.1 Å². The summed E-state index contributed by atoms with van der Waals surface area (Å²) < 4.78 is 46.0. The number of hydrogen-bond donors (Lipinski definition) is 1. The zero-order valence-electron chi connectivity index (χ0n) is 13.5. The topological polar surface area (TPSA) is 85.4 Å². The summed E-state index contributed by atoms with van der Waals surface area (Å²) in [5.41, 5.74) is 0.912. The van der Waals surface area contributed by atoms with Gasteiger partial charge in [0.15, 0.2) is 0 Å². The van der Waals surface area contributed by atoms with Gasteiger partial charge in [0.25, 0.3) is 10.0 Å². The number of anilines is 1. The van der Waals surface area contributed by atoms with E-state index in [0.29, 0.717) is 0 Å².